The normalized spacial score (nSPS) is 12.2. The van der Waals surface area contributed by atoms with Gasteiger partial charge in [0.1, 0.15) is 5.82 Å². The predicted molar refractivity (Wildman–Crippen MR) is 84.9 cm³/mol. The lowest BCUT2D eigenvalue weighted by Crippen LogP contribution is -2.31. The molecule has 1 aromatic carbocycles. The first-order valence-electron chi connectivity index (χ1n) is 6.81. The van der Waals surface area contributed by atoms with Gasteiger partial charge in [-0.15, -0.1) is 11.6 Å². The van der Waals surface area contributed by atoms with E-state index in [1.807, 2.05) is 25.1 Å². The van der Waals surface area contributed by atoms with Crippen LogP contribution >= 0.6 is 23.2 Å². The van der Waals surface area contributed by atoms with Crippen molar-refractivity contribution in [2.24, 2.45) is 0 Å². The first-order valence-corrected chi connectivity index (χ1v) is 7.72. The fourth-order valence-electron chi connectivity index (χ4n) is 2.42. The van der Waals surface area contributed by atoms with Gasteiger partial charge < -0.3 is 9.30 Å². The van der Waals surface area contributed by atoms with Gasteiger partial charge in [-0.05, 0) is 39.0 Å². The molecular weight excluding hydrogens is 295 g/mol. The zero-order valence-electron chi connectivity index (χ0n) is 12.1. The number of nitrogens with zero attached hydrogens (tertiary/aromatic N) is 2. The van der Waals surface area contributed by atoms with Crippen LogP contribution in [0.1, 0.15) is 26.6 Å². The van der Waals surface area contributed by atoms with Gasteiger partial charge in [0.2, 0.25) is 0 Å². The molecule has 1 aromatic heterocycles. The molecule has 0 unspecified atom stereocenters. The molecule has 3 nitrogen and oxygen atoms in total. The second-order valence-electron chi connectivity index (χ2n) is 5.38. The van der Waals surface area contributed by atoms with E-state index >= 15 is 0 Å². The Kier molecular flexibility index (Phi) is 4.95. The van der Waals surface area contributed by atoms with Crippen LogP contribution in [0.15, 0.2) is 18.2 Å². The highest BCUT2D eigenvalue weighted by Gasteiger charge is 2.22. The molecule has 0 aliphatic carbocycles. The summed E-state index contributed by atoms with van der Waals surface area (Å²) in [7, 11) is 0. The third-order valence-corrected chi connectivity index (χ3v) is 3.61. The number of benzene rings is 1. The average molecular weight is 315 g/mol. The number of aromatic nitrogens is 2. The molecule has 0 saturated carbocycles. The van der Waals surface area contributed by atoms with Crippen molar-refractivity contribution >= 4 is 34.2 Å². The summed E-state index contributed by atoms with van der Waals surface area (Å²) < 4.78 is 7.98. The van der Waals surface area contributed by atoms with Crippen LogP contribution in [0.25, 0.3) is 11.0 Å². The first kappa shape index (κ1) is 15.6. The zero-order chi connectivity index (χ0) is 14.8. The second-order valence-corrected chi connectivity index (χ2v) is 6.19. The summed E-state index contributed by atoms with van der Waals surface area (Å²) in [5, 5.41) is 0.698. The fourth-order valence-corrected chi connectivity index (χ4v) is 2.76. The van der Waals surface area contributed by atoms with E-state index in [-0.39, 0.29) is 5.60 Å². The average Bonchev–Trinajstić information content (AvgIpc) is 2.66. The third-order valence-electron chi connectivity index (χ3n) is 3.18. The Morgan fingerprint density at radius 2 is 2.10 bits per heavy atom. The highest BCUT2D eigenvalue weighted by atomic mass is 35.5. The number of hydrogen-bond donors (Lipinski definition) is 0. The van der Waals surface area contributed by atoms with Crippen LogP contribution in [-0.4, -0.2) is 27.6 Å². The number of alkyl halides is 1. The van der Waals surface area contributed by atoms with Gasteiger partial charge in [-0.25, -0.2) is 4.98 Å². The SMILES string of the molecule is CCOC(C)(C)Cn1c(CCCl)nc2cc(Cl)ccc21. The lowest BCUT2D eigenvalue weighted by atomic mass is 10.1. The molecule has 110 valence electrons. The van der Waals surface area contributed by atoms with Gasteiger partial charge in [0.05, 0.1) is 23.2 Å². The molecule has 5 heteroatoms. The molecule has 0 radical (unpaired) electrons. The van der Waals surface area contributed by atoms with Crippen molar-refractivity contribution in [3.05, 3.63) is 29.0 Å². The van der Waals surface area contributed by atoms with Gasteiger partial charge in [-0.3, -0.25) is 0 Å². The minimum absolute atomic E-state index is 0.247. The lowest BCUT2D eigenvalue weighted by molar-refractivity contribution is -0.0221. The molecule has 0 amide bonds. The summed E-state index contributed by atoms with van der Waals surface area (Å²) in [4.78, 5) is 4.65. The molecule has 0 saturated heterocycles. The van der Waals surface area contributed by atoms with Crippen molar-refractivity contribution < 1.29 is 4.74 Å². The number of imidazole rings is 1. The maximum Gasteiger partial charge on any atom is 0.111 e. The van der Waals surface area contributed by atoms with Crippen molar-refractivity contribution in [2.45, 2.75) is 39.3 Å². The van der Waals surface area contributed by atoms with Gasteiger partial charge >= 0.3 is 0 Å². The Hall–Kier alpha value is -0.770. The highest BCUT2D eigenvalue weighted by Crippen LogP contribution is 2.24. The summed E-state index contributed by atoms with van der Waals surface area (Å²) in [6.45, 7) is 7.61. The molecule has 1 heterocycles. The Balaban J connectivity index is 2.45. The zero-order valence-corrected chi connectivity index (χ0v) is 13.6. The number of fused-ring (bicyclic) bond motifs is 1. The summed E-state index contributed by atoms with van der Waals surface area (Å²) in [5.41, 5.74) is 1.73. The van der Waals surface area contributed by atoms with E-state index in [0.717, 1.165) is 29.8 Å². The van der Waals surface area contributed by atoms with Crippen LogP contribution in [0, 0.1) is 0 Å². The van der Waals surface area contributed by atoms with Crippen molar-refractivity contribution in [2.75, 3.05) is 12.5 Å². The first-order chi connectivity index (χ1) is 9.46. The topological polar surface area (TPSA) is 27.1 Å². The number of ether oxygens (including phenoxy) is 1. The Morgan fingerprint density at radius 1 is 1.35 bits per heavy atom. The summed E-state index contributed by atoms with van der Waals surface area (Å²) >= 11 is 11.9. The highest BCUT2D eigenvalue weighted by molar-refractivity contribution is 6.31. The molecule has 0 aliphatic rings. The van der Waals surface area contributed by atoms with E-state index in [9.17, 15) is 0 Å². The van der Waals surface area contributed by atoms with Crippen LogP contribution < -0.4 is 0 Å². The van der Waals surface area contributed by atoms with E-state index in [4.69, 9.17) is 27.9 Å². The van der Waals surface area contributed by atoms with E-state index < -0.39 is 0 Å². The number of aryl methyl sites for hydroxylation is 1. The number of halogens is 2. The molecule has 2 rings (SSSR count). The Bertz CT molecular complexity index is 593. The number of hydrogen-bond acceptors (Lipinski definition) is 2. The van der Waals surface area contributed by atoms with Crippen molar-refractivity contribution in [3.8, 4) is 0 Å². The van der Waals surface area contributed by atoms with Crippen LogP contribution in [0.5, 0.6) is 0 Å². The minimum Gasteiger partial charge on any atom is -0.374 e. The van der Waals surface area contributed by atoms with Gasteiger partial charge in [-0.1, -0.05) is 11.6 Å². The van der Waals surface area contributed by atoms with Crippen LogP contribution in [0.2, 0.25) is 5.02 Å². The fraction of sp³-hybridized carbons (Fsp3) is 0.533. The molecule has 0 bridgehead atoms. The van der Waals surface area contributed by atoms with Gasteiger partial charge in [0, 0.05) is 23.9 Å². The minimum atomic E-state index is -0.247. The molecular formula is C15H20Cl2N2O. The quantitative estimate of drug-likeness (QED) is 0.744. The molecule has 0 aliphatic heterocycles. The van der Waals surface area contributed by atoms with Crippen molar-refractivity contribution in [3.63, 3.8) is 0 Å². The largest absolute Gasteiger partial charge is 0.374 e. The van der Waals surface area contributed by atoms with Gasteiger partial charge in [0.15, 0.2) is 0 Å². The second kappa shape index (κ2) is 6.33. The maximum absolute atomic E-state index is 6.04. The predicted octanol–water partition coefficient (Wildman–Crippen LogP) is 4.29. The lowest BCUT2D eigenvalue weighted by Gasteiger charge is -2.26. The standard InChI is InChI=1S/C15H20Cl2N2O/c1-4-20-15(2,3)10-19-13-6-5-11(17)9-12(13)18-14(19)7-8-16/h5-6,9H,4,7-8,10H2,1-3H3. The summed E-state index contributed by atoms with van der Waals surface area (Å²) in [6, 6.07) is 5.78. The Labute approximate surface area is 129 Å². The van der Waals surface area contributed by atoms with Crippen molar-refractivity contribution in [1.82, 2.24) is 9.55 Å². The van der Waals surface area contributed by atoms with E-state index in [0.29, 0.717) is 17.5 Å². The van der Waals surface area contributed by atoms with Crippen LogP contribution in [0.3, 0.4) is 0 Å². The van der Waals surface area contributed by atoms with Crippen LogP contribution in [-0.2, 0) is 17.7 Å². The third kappa shape index (κ3) is 3.46. The molecule has 0 spiro atoms. The smallest absolute Gasteiger partial charge is 0.111 e. The van der Waals surface area contributed by atoms with Crippen LogP contribution in [0.4, 0.5) is 0 Å². The number of rotatable bonds is 6. The van der Waals surface area contributed by atoms with Crippen molar-refractivity contribution in [1.29, 1.82) is 0 Å². The van der Waals surface area contributed by atoms with E-state index in [1.54, 1.807) is 0 Å². The molecule has 0 N–H and O–H groups in total. The molecule has 0 atom stereocenters. The van der Waals surface area contributed by atoms with Gasteiger partial charge in [-0.2, -0.15) is 0 Å². The molecule has 2 aromatic rings. The maximum atomic E-state index is 6.04. The van der Waals surface area contributed by atoms with E-state index in [2.05, 4.69) is 23.4 Å². The molecule has 20 heavy (non-hydrogen) atoms. The summed E-state index contributed by atoms with van der Waals surface area (Å²) in [6.07, 6.45) is 0.732. The molecule has 0 fully saturated rings. The summed E-state index contributed by atoms with van der Waals surface area (Å²) in [5.74, 6) is 1.52. The monoisotopic (exact) mass is 314 g/mol. The van der Waals surface area contributed by atoms with E-state index in [1.165, 1.54) is 0 Å². The van der Waals surface area contributed by atoms with Gasteiger partial charge in [0.25, 0.3) is 0 Å². The Morgan fingerprint density at radius 3 is 2.75 bits per heavy atom.